The molecule has 1 aromatic heterocycles. The van der Waals surface area contributed by atoms with Crippen LogP contribution in [-0.4, -0.2) is 12.7 Å². The summed E-state index contributed by atoms with van der Waals surface area (Å²) in [6.45, 7) is 3.11. The number of hydrogen-bond donors (Lipinski definition) is 0. The van der Waals surface area contributed by atoms with E-state index in [1.165, 1.54) is 9.75 Å². The quantitative estimate of drug-likeness (QED) is 0.593. The average Bonchev–Trinajstić information content (AvgIpc) is 2.59. The molecule has 0 spiro atoms. The molecular formula is C8H10OS. The van der Waals surface area contributed by atoms with E-state index in [9.17, 15) is 0 Å². The van der Waals surface area contributed by atoms with Gasteiger partial charge in [-0.1, -0.05) is 0 Å². The summed E-state index contributed by atoms with van der Waals surface area (Å²) in [4.78, 5) is 2.86. The Kier molecular flexibility index (Phi) is 1.51. The van der Waals surface area contributed by atoms with Crippen molar-refractivity contribution in [2.75, 3.05) is 6.61 Å². The fourth-order valence-electron chi connectivity index (χ4n) is 1.01. The molecule has 2 heterocycles. The van der Waals surface area contributed by atoms with Crippen molar-refractivity contribution < 1.29 is 4.74 Å². The molecule has 1 atom stereocenters. The Hall–Kier alpha value is -0.340. The van der Waals surface area contributed by atoms with Crippen LogP contribution in [-0.2, 0) is 11.2 Å². The molecule has 2 rings (SSSR count). The Morgan fingerprint density at radius 3 is 3.00 bits per heavy atom. The van der Waals surface area contributed by atoms with Gasteiger partial charge in [0, 0.05) is 16.2 Å². The molecule has 0 saturated carbocycles. The smallest absolute Gasteiger partial charge is 0.0858 e. The molecule has 1 aromatic rings. The van der Waals surface area contributed by atoms with E-state index in [2.05, 4.69) is 19.1 Å². The molecule has 1 unspecified atom stereocenters. The van der Waals surface area contributed by atoms with Gasteiger partial charge in [0.25, 0.3) is 0 Å². The molecular weight excluding hydrogens is 144 g/mol. The molecule has 1 aliphatic rings. The van der Waals surface area contributed by atoms with Crippen LogP contribution in [0.25, 0.3) is 0 Å². The number of thiophene rings is 1. The maximum Gasteiger partial charge on any atom is 0.0858 e. The highest BCUT2D eigenvalue weighted by Gasteiger charge is 2.22. The number of rotatable bonds is 2. The summed E-state index contributed by atoms with van der Waals surface area (Å²) >= 11 is 1.88. The van der Waals surface area contributed by atoms with E-state index >= 15 is 0 Å². The molecule has 1 aliphatic heterocycles. The van der Waals surface area contributed by atoms with Gasteiger partial charge >= 0.3 is 0 Å². The topological polar surface area (TPSA) is 12.5 Å². The number of hydrogen-bond acceptors (Lipinski definition) is 2. The molecule has 1 nitrogen and oxygen atoms in total. The van der Waals surface area contributed by atoms with Crippen molar-refractivity contribution in [3.05, 3.63) is 21.9 Å². The van der Waals surface area contributed by atoms with Gasteiger partial charge in [0.1, 0.15) is 0 Å². The summed E-state index contributed by atoms with van der Waals surface area (Å²) in [5.74, 6) is 0. The zero-order chi connectivity index (χ0) is 6.97. The minimum absolute atomic E-state index is 0.540. The van der Waals surface area contributed by atoms with Gasteiger partial charge in [-0.15, -0.1) is 11.3 Å². The molecule has 0 bridgehead atoms. The maximum absolute atomic E-state index is 5.13. The van der Waals surface area contributed by atoms with Crippen molar-refractivity contribution in [2.45, 2.75) is 19.4 Å². The van der Waals surface area contributed by atoms with Gasteiger partial charge in [-0.3, -0.25) is 0 Å². The molecule has 0 N–H and O–H groups in total. The lowest BCUT2D eigenvalue weighted by atomic mass is 10.3. The lowest BCUT2D eigenvalue weighted by Crippen LogP contribution is -1.87. The molecule has 0 aromatic carbocycles. The van der Waals surface area contributed by atoms with Crippen molar-refractivity contribution in [1.82, 2.24) is 0 Å². The van der Waals surface area contributed by atoms with E-state index < -0.39 is 0 Å². The minimum atomic E-state index is 0.540. The van der Waals surface area contributed by atoms with Crippen molar-refractivity contribution in [3.8, 4) is 0 Å². The first-order valence-corrected chi connectivity index (χ1v) is 4.33. The third kappa shape index (κ3) is 1.39. The van der Waals surface area contributed by atoms with E-state index in [1.54, 1.807) is 0 Å². The monoisotopic (exact) mass is 154 g/mol. The number of epoxide rings is 1. The third-order valence-corrected chi connectivity index (χ3v) is 2.65. The van der Waals surface area contributed by atoms with E-state index in [0.29, 0.717) is 6.10 Å². The van der Waals surface area contributed by atoms with Gasteiger partial charge in [-0.2, -0.15) is 0 Å². The number of aryl methyl sites for hydroxylation is 1. The van der Waals surface area contributed by atoms with Crippen LogP contribution in [0.15, 0.2) is 12.1 Å². The zero-order valence-electron chi connectivity index (χ0n) is 5.96. The van der Waals surface area contributed by atoms with Gasteiger partial charge in [0.2, 0.25) is 0 Å². The van der Waals surface area contributed by atoms with Crippen molar-refractivity contribution in [3.63, 3.8) is 0 Å². The standard InChI is InChI=1S/C8H10OS/c1-6-2-3-8(10-6)4-7-5-9-7/h2-3,7H,4-5H2,1H3. The fourth-order valence-corrected chi connectivity index (χ4v) is 1.96. The Labute approximate surface area is 64.6 Å². The maximum atomic E-state index is 5.13. The first-order valence-electron chi connectivity index (χ1n) is 3.51. The van der Waals surface area contributed by atoms with Gasteiger partial charge in [-0.25, -0.2) is 0 Å². The summed E-state index contributed by atoms with van der Waals surface area (Å²) in [5.41, 5.74) is 0. The van der Waals surface area contributed by atoms with Crippen molar-refractivity contribution in [2.24, 2.45) is 0 Å². The van der Waals surface area contributed by atoms with E-state index in [1.807, 2.05) is 11.3 Å². The van der Waals surface area contributed by atoms with Crippen molar-refractivity contribution in [1.29, 1.82) is 0 Å². The zero-order valence-corrected chi connectivity index (χ0v) is 6.78. The predicted molar refractivity (Wildman–Crippen MR) is 42.5 cm³/mol. The summed E-state index contributed by atoms with van der Waals surface area (Å²) in [7, 11) is 0. The molecule has 0 aliphatic carbocycles. The van der Waals surface area contributed by atoms with E-state index in [-0.39, 0.29) is 0 Å². The first-order chi connectivity index (χ1) is 4.84. The Morgan fingerprint density at radius 1 is 1.70 bits per heavy atom. The van der Waals surface area contributed by atoms with Crippen LogP contribution in [0.2, 0.25) is 0 Å². The van der Waals surface area contributed by atoms with Crippen LogP contribution in [0.1, 0.15) is 9.75 Å². The molecule has 2 heteroatoms. The first kappa shape index (κ1) is 6.38. The second-order valence-electron chi connectivity index (χ2n) is 2.67. The van der Waals surface area contributed by atoms with E-state index in [4.69, 9.17) is 4.74 Å². The Bertz CT molecular complexity index is 225. The Morgan fingerprint density at radius 2 is 2.50 bits per heavy atom. The summed E-state index contributed by atoms with van der Waals surface area (Å²) in [6.07, 6.45) is 1.66. The van der Waals surface area contributed by atoms with E-state index in [0.717, 1.165) is 13.0 Å². The summed E-state index contributed by atoms with van der Waals surface area (Å²) < 4.78 is 5.13. The summed E-state index contributed by atoms with van der Waals surface area (Å²) in [6, 6.07) is 4.37. The normalized spacial score (nSPS) is 23.1. The fraction of sp³-hybridized carbons (Fsp3) is 0.500. The molecule has 54 valence electrons. The summed E-state index contributed by atoms with van der Waals surface area (Å²) in [5, 5.41) is 0. The highest BCUT2D eigenvalue weighted by Crippen LogP contribution is 2.21. The Balaban J connectivity index is 2.03. The van der Waals surface area contributed by atoms with Crippen LogP contribution in [0.5, 0.6) is 0 Å². The van der Waals surface area contributed by atoms with Crippen molar-refractivity contribution >= 4 is 11.3 Å². The molecule has 0 amide bonds. The van der Waals surface area contributed by atoms with Crippen LogP contribution in [0, 0.1) is 6.92 Å². The highest BCUT2D eigenvalue weighted by molar-refractivity contribution is 7.11. The van der Waals surface area contributed by atoms with Gasteiger partial charge in [-0.05, 0) is 19.1 Å². The second kappa shape index (κ2) is 2.36. The lowest BCUT2D eigenvalue weighted by Gasteiger charge is -1.87. The van der Waals surface area contributed by atoms with Gasteiger partial charge in [0.05, 0.1) is 12.7 Å². The molecule has 1 saturated heterocycles. The average molecular weight is 154 g/mol. The lowest BCUT2D eigenvalue weighted by molar-refractivity contribution is 0.408. The molecule has 0 radical (unpaired) electrons. The predicted octanol–water partition coefficient (Wildman–Crippen LogP) is 2.00. The van der Waals surface area contributed by atoms with Crippen LogP contribution in [0.4, 0.5) is 0 Å². The minimum Gasteiger partial charge on any atom is -0.373 e. The van der Waals surface area contributed by atoms with Crippen LogP contribution < -0.4 is 0 Å². The van der Waals surface area contributed by atoms with Crippen LogP contribution in [0.3, 0.4) is 0 Å². The molecule has 10 heavy (non-hydrogen) atoms. The van der Waals surface area contributed by atoms with Gasteiger partial charge < -0.3 is 4.74 Å². The SMILES string of the molecule is Cc1ccc(CC2CO2)s1. The third-order valence-electron chi connectivity index (χ3n) is 1.63. The van der Waals surface area contributed by atoms with Crippen LogP contribution >= 0.6 is 11.3 Å². The number of ether oxygens (including phenoxy) is 1. The second-order valence-corrected chi connectivity index (χ2v) is 4.04. The highest BCUT2D eigenvalue weighted by atomic mass is 32.1. The molecule has 1 fully saturated rings. The van der Waals surface area contributed by atoms with Gasteiger partial charge in [0.15, 0.2) is 0 Å². The largest absolute Gasteiger partial charge is 0.373 e.